The van der Waals surface area contributed by atoms with Gasteiger partial charge in [-0.2, -0.15) is 9.50 Å². The maximum Gasteiger partial charge on any atom is 0.291 e. The van der Waals surface area contributed by atoms with Gasteiger partial charge in [0.25, 0.3) is 5.56 Å². The molecule has 0 radical (unpaired) electrons. The minimum absolute atomic E-state index is 0.147. The molecule has 5 nitrogen and oxygen atoms in total. The molecule has 0 aliphatic carbocycles. The molecule has 0 saturated carbocycles. The molecule has 3 heterocycles. The number of rotatable bonds is 2. The highest BCUT2D eigenvalue weighted by Gasteiger charge is 2.11. The second-order valence-electron chi connectivity index (χ2n) is 4.69. The standard InChI is InChI=1S/C16H10N4OS/c21-15-13(10-11-6-8-17-9-7-11)22-16-18-14(19-20(15)16)12-4-2-1-3-5-12/h1-10H. The molecule has 0 bridgehead atoms. The lowest BCUT2D eigenvalue weighted by Gasteiger charge is -1.91. The summed E-state index contributed by atoms with van der Waals surface area (Å²) in [6, 6.07) is 13.3. The maximum atomic E-state index is 12.4. The van der Waals surface area contributed by atoms with Crippen molar-refractivity contribution in [3.63, 3.8) is 0 Å². The Labute approximate surface area is 129 Å². The van der Waals surface area contributed by atoms with E-state index in [1.165, 1.54) is 15.9 Å². The molecule has 0 unspecified atom stereocenters. The average molecular weight is 306 g/mol. The number of nitrogens with zero attached hydrogens (tertiary/aromatic N) is 4. The van der Waals surface area contributed by atoms with E-state index in [-0.39, 0.29) is 5.56 Å². The van der Waals surface area contributed by atoms with Crippen LogP contribution in [0, 0.1) is 0 Å². The van der Waals surface area contributed by atoms with Crippen molar-refractivity contribution in [2.45, 2.75) is 0 Å². The van der Waals surface area contributed by atoms with Crippen LogP contribution >= 0.6 is 11.3 Å². The average Bonchev–Trinajstić information content (AvgIpc) is 3.10. The van der Waals surface area contributed by atoms with Crippen LogP contribution in [0.15, 0.2) is 59.7 Å². The third kappa shape index (κ3) is 2.19. The molecule has 22 heavy (non-hydrogen) atoms. The molecule has 0 amide bonds. The van der Waals surface area contributed by atoms with E-state index in [9.17, 15) is 4.79 Å². The van der Waals surface area contributed by atoms with Gasteiger partial charge in [-0.25, -0.2) is 0 Å². The summed E-state index contributed by atoms with van der Waals surface area (Å²) < 4.78 is 1.97. The van der Waals surface area contributed by atoms with Crippen LogP contribution < -0.4 is 10.1 Å². The molecular formula is C16H10N4OS. The Kier molecular flexibility index (Phi) is 3.01. The van der Waals surface area contributed by atoms with Crippen molar-refractivity contribution in [3.05, 3.63) is 75.3 Å². The van der Waals surface area contributed by atoms with Crippen molar-refractivity contribution in [3.8, 4) is 11.4 Å². The second-order valence-corrected chi connectivity index (χ2v) is 5.70. The van der Waals surface area contributed by atoms with Crippen molar-refractivity contribution in [2.75, 3.05) is 0 Å². The van der Waals surface area contributed by atoms with Gasteiger partial charge in [0.05, 0.1) is 4.53 Å². The summed E-state index contributed by atoms with van der Waals surface area (Å²) in [5.41, 5.74) is 1.68. The van der Waals surface area contributed by atoms with Gasteiger partial charge in [-0.15, -0.1) is 5.10 Å². The van der Waals surface area contributed by atoms with Crippen LogP contribution in [0.5, 0.6) is 0 Å². The topological polar surface area (TPSA) is 60.2 Å². The van der Waals surface area contributed by atoms with Crippen molar-refractivity contribution in [1.82, 2.24) is 19.6 Å². The molecule has 0 saturated heterocycles. The van der Waals surface area contributed by atoms with E-state index < -0.39 is 0 Å². The minimum atomic E-state index is -0.147. The highest BCUT2D eigenvalue weighted by molar-refractivity contribution is 7.15. The van der Waals surface area contributed by atoms with E-state index in [0.29, 0.717) is 15.3 Å². The fourth-order valence-electron chi connectivity index (χ4n) is 2.15. The fraction of sp³-hybridized carbons (Fsp3) is 0. The molecule has 1 aromatic carbocycles. The first-order valence-electron chi connectivity index (χ1n) is 6.68. The van der Waals surface area contributed by atoms with E-state index in [1.807, 2.05) is 48.5 Å². The summed E-state index contributed by atoms with van der Waals surface area (Å²) in [7, 11) is 0. The lowest BCUT2D eigenvalue weighted by molar-refractivity contribution is 0.937. The zero-order valence-corrected chi connectivity index (χ0v) is 12.2. The van der Waals surface area contributed by atoms with Gasteiger partial charge in [-0.3, -0.25) is 9.78 Å². The Morgan fingerprint density at radius 2 is 1.82 bits per heavy atom. The van der Waals surface area contributed by atoms with Crippen molar-refractivity contribution in [1.29, 1.82) is 0 Å². The molecule has 106 valence electrons. The number of benzene rings is 1. The Morgan fingerprint density at radius 3 is 2.55 bits per heavy atom. The van der Waals surface area contributed by atoms with E-state index in [0.717, 1.165) is 11.1 Å². The lowest BCUT2D eigenvalue weighted by Crippen LogP contribution is -2.23. The number of fused-ring (bicyclic) bond motifs is 1. The predicted molar refractivity (Wildman–Crippen MR) is 85.6 cm³/mol. The van der Waals surface area contributed by atoms with Gasteiger partial charge in [0.2, 0.25) is 4.96 Å². The minimum Gasteiger partial charge on any atom is -0.266 e. The smallest absolute Gasteiger partial charge is 0.266 e. The first-order valence-corrected chi connectivity index (χ1v) is 7.50. The van der Waals surface area contributed by atoms with E-state index >= 15 is 0 Å². The van der Waals surface area contributed by atoms with Crippen LogP contribution in [0.25, 0.3) is 22.4 Å². The molecule has 0 fully saturated rings. The molecule has 4 aromatic rings. The van der Waals surface area contributed by atoms with Crippen LogP contribution in [-0.4, -0.2) is 19.6 Å². The molecule has 0 atom stereocenters. The van der Waals surface area contributed by atoms with Crippen LogP contribution in [0.4, 0.5) is 0 Å². The van der Waals surface area contributed by atoms with Crippen LogP contribution in [0.3, 0.4) is 0 Å². The maximum absolute atomic E-state index is 12.4. The fourth-order valence-corrected chi connectivity index (χ4v) is 3.06. The molecule has 4 rings (SSSR count). The molecule has 0 aliphatic rings. The monoisotopic (exact) mass is 306 g/mol. The van der Waals surface area contributed by atoms with Gasteiger partial charge in [-0.05, 0) is 23.8 Å². The van der Waals surface area contributed by atoms with Gasteiger partial charge in [0, 0.05) is 18.0 Å². The zero-order chi connectivity index (χ0) is 14.9. The number of aromatic nitrogens is 4. The summed E-state index contributed by atoms with van der Waals surface area (Å²) in [5.74, 6) is 0.569. The second kappa shape index (κ2) is 5.16. The van der Waals surface area contributed by atoms with Gasteiger partial charge in [0.1, 0.15) is 0 Å². The van der Waals surface area contributed by atoms with Gasteiger partial charge >= 0.3 is 0 Å². The highest BCUT2D eigenvalue weighted by atomic mass is 32.1. The quantitative estimate of drug-likeness (QED) is 0.566. The van der Waals surface area contributed by atoms with Gasteiger partial charge in [0.15, 0.2) is 5.82 Å². The molecule has 0 spiro atoms. The van der Waals surface area contributed by atoms with Crippen LogP contribution in [0.1, 0.15) is 5.56 Å². The van der Waals surface area contributed by atoms with Gasteiger partial charge < -0.3 is 0 Å². The van der Waals surface area contributed by atoms with Crippen LogP contribution in [0.2, 0.25) is 0 Å². The Hall–Kier alpha value is -2.86. The van der Waals surface area contributed by atoms with Gasteiger partial charge in [-0.1, -0.05) is 41.7 Å². The molecule has 0 N–H and O–H groups in total. The summed E-state index contributed by atoms with van der Waals surface area (Å²) >= 11 is 1.34. The van der Waals surface area contributed by atoms with E-state index in [1.54, 1.807) is 12.4 Å². The molecule has 3 aromatic heterocycles. The largest absolute Gasteiger partial charge is 0.291 e. The first-order chi connectivity index (χ1) is 10.8. The van der Waals surface area contributed by atoms with E-state index in [4.69, 9.17) is 0 Å². The first kappa shape index (κ1) is 12.8. The molecular weight excluding hydrogens is 296 g/mol. The number of thiazole rings is 1. The summed E-state index contributed by atoms with van der Waals surface area (Å²) in [5, 5.41) is 4.32. The van der Waals surface area contributed by atoms with E-state index in [2.05, 4.69) is 15.1 Å². The third-order valence-electron chi connectivity index (χ3n) is 3.22. The number of pyridine rings is 1. The summed E-state index contributed by atoms with van der Waals surface area (Å²) in [4.78, 5) is 21.4. The van der Waals surface area contributed by atoms with Crippen molar-refractivity contribution >= 4 is 22.4 Å². The van der Waals surface area contributed by atoms with Crippen LogP contribution in [-0.2, 0) is 0 Å². The lowest BCUT2D eigenvalue weighted by atomic mass is 10.2. The molecule has 6 heteroatoms. The normalized spacial score (nSPS) is 12.1. The number of hydrogen-bond acceptors (Lipinski definition) is 5. The Bertz CT molecular complexity index is 1040. The Morgan fingerprint density at radius 1 is 1.05 bits per heavy atom. The zero-order valence-electron chi connectivity index (χ0n) is 11.4. The summed E-state index contributed by atoms with van der Waals surface area (Å²) in [6.45, 7) is 0. The SMILES string of the molecule is O=c1c(=Cc2ccncc2)sc2nc(-c3ccccc3)nn12. The van der Waals surface area contributed by atoms with Crippen molar-refractivity contribution in [2.24, 2.45) is 0 Å². The number of hydrogen-bond donors (Lipinski definition) is 0. The third-order valence-corrected chi connectivity index (χ3v) is 4.18. The predicted octanol–water partition coefficient (Wildman–Crippen LogP) is 1.76. The summed E-state index contributed by atoms with van der Waals surface area (Å²) in [6.07, 6.45) is 5.22. The Balaban J connectivity index is 1.85. The molecule has 0 aliphatic heterocycles. The highest BCUT2D eigenvalue weighted by Crippen LogP contribution is 2.15. The van der Waals surface area contributed by atoms with Crippen molar-refractivity contribution < 1.29 is 0 Å².